The van der Waals surface area contributed by atoms with Gasteiger partial charge in [0.05, 0.1) is 23.8 Å². The molecule has 0 saturated carbocycles. The molecule has 0 saturated heterocycles. The molecule has 5 heterocycles. The lowest BCUT2D eigenvalue weighted by Crippen LogP contribution is -2.12. The number of fused-ring (bicyclic) bond motifs is 9. The van der Waals surface area contributed by atoms with Crippen LogP contribution in [0.15, 0.2) is 190 Å². The van der Waals surface area contributed by atoms with Crippen molar-refractivity contribution in [2.45, 2.75) is 6.92 Å². The Balaban J connectivity index is 0.999. The lowest BCUT2D eigenvalue weighted by atomic mass is 10.1. The van der Waals surface area contributed by atoms with E-state index >= 15 is 0 Å². The number of aryl methyl sites for hydroxylation is 1. The molecule has 7 aromatic carbocycles. The highest BCUT2D eigenvalue weighted by Crippen LogP contribution is 2.42. The van der Waals surface area contributed by atoms with E-state index in [1.54, 1.807) is 18.5 Å². The van der Waals surface area contributed by atoms with Crippen molar-refractivity contribution in [3.63, 3.8) is 0 Å². The summed E-state index contributed by atoms with van der Waals surface area (Å²) in [5.41, 5.74) is 8.53. The molecule has 0 radical (unpaired) electrons. The Kier molecular flexibility index (Phi) is 8.01. The van der Waals surface area contributed by atoms with Gasteiger partial charge in [0.15, 0.2) is 22.7 Å². The first kappa shape index (κ1) is 35.4. The van der Waals surface area contributed by atoms with Crippen LogP contribution >= 0.6 is 0 Å². The smallest absolute Gasteiger partial charge is 0.251 e. The topological polar surface area (TPSA) is 97.5 Å². The number of hydrogen-bond acceptors (Lipinski definition) is 9. The van der Waals surface area contributed by atoms with E-state index in [-0.39, 0.29) is 0 Å². The second-order valence-corrected chi connectivity index (χ2v) is 15.2. The molecule has 12 aromatic rings. The van der Waals surface area contributed by atoms with Gasteiger partial charge in [-0.3, -0.25) is 9.80 Å². The Morgan fingerprint density at radius 1 is 0.484 bits per heavy atom. The van der Waals surface area contributed by atoms with Crippen LogP contribution in [0.4, 0.5) is 34.4 Å². The molecule has 0 N–H and O–H groups in total. The molecule has 0 bridgehead atoms. The summed E-state index contributed by atoms with van der Waals surface area (Å²) in [5, 5.41) is 7.57. The zero-order chi connectivity index (χ0) is 41.3. The SMILES string of the molecule is C=C/C=C\c1c(C)oc2cc(N(c3ccc4ccccc4c3)c3cnc4c(n3)oc3nc(N(c5ccc6ccccc6c5)c5ccc6c(c5)oc5ccccc56)cnc34)ccc12. The third-order valence-electron chi connectivity index (χ3n) is 11.5. The largest absolute Gasteiger partial charge is 0.461 e. The molecule has 0 atom stereocenters. The molecule has 0 aliphatic rings. The lowest BCUT2D eigenvalue weighted by molar-refractivity contribution is 0.577. The molecule has 9 heteroatoms. The van der Waals surface area contributed by atoms with Crippen molar-refractivity contribution in [3.05, 3.63) is 188 Å². The van der Waals surface area contributed by atoms with Crippen LogP contribution in [0.1, 0.15) is 11.3 Å². The molecule has 0 aliphatic heterocycles. The van der Waals surface area contributed by atoms with Gasteiger partial charge in [-0.15, -0.1) is 0 Å². The number of aromatic nitrogens is 4. The first-order valence-corrected chi connectivity index (χ1v) is 20.3. The van der Waals surface area contributed by atoms with Gasteiger partial charge in [0.1, 0.15) is 22.5 Å². The number of para-hydroxylation sites is 1. The molecule has 0 unspecified atom stereocenters. The van der Waals surface area contributed by atoms with Crippen molar-refractivity contribution in [1.29, 1.82) is 0 Å². The highest BCUT2D eigenvalue weighted by molar-refractivity contribution is 6.06. The molecule has 0 amide bonds. The molecule has 294 valence electrons. The van der Waals surface area contributed by atoms with E-state index in [4.69, 9.17) is 33.2 Å². The van der Waals surface area contributed by atoms with Gasteiger partial charge in [-0.25, -0.2) is 9.97 Å². The lowest BCUT2D eigenvalue weighted by Gasteiger charge is -2.24. The quantitative estimate of drug-likeness (QED) is 0.139. The predicted octanol–water partition coefficient (Wildman–Crippen LogP) is 14.6. The number of nitrogens with zero attached hydrogens (tertiary/aromatic N) is 6. The summed E-state index contributed by atoms with van der Waals surface area (Å²) in [6, 6.07) is 49.8. The summed E-state index contributed by atoms with van der Waals surface area (Å²) in [4.78, 5) is 24.2. The number of hydrogen-bond donors (Lipinski definition) is 0. The van der Waals surface area contributed by atoms with Gasteiger partial charge in [0.2, 0.25) is 0 Å². The summed E-state index contributed by atoms with van der Waals surface area (Å²) in [6.45, 7) is 5.81. The van der Waals surface area contributed by atoms with Gasteiger partial charge in [0, 0.05) is 45.2 Å². The van der Waals surface area contributed by atoms with Crippen molar-refractivity contribution in [3.8, 4) is 0 Å². The van der Waals surface area contributed by atoms with Gasteiger partial charge < -0.3 is 13.3 Å². The maximum absolute atomic E-state index is 6.50. The van der Waals surface area contributed by atoms with Crippen LogP contribution in [0.2, 0.25) is 0 Å². The summed E-state index contributed by atoms with van der Waals surface area (Å²) in [5.74, 6) is 1.94. The van der Waals surface area contributed by atoms with Crippen LogP contribution in [-0.2, 0) is 0 Å². The second-order valence-electron chi connectivity index (χ2n) is 15.2. The molecule has 9 nitrogen and oxygen atoms in total. The van der Waals surface area contributed by atoms with Crippen LogP contribution in [0.3, 0.4) is 0 Å². The fraction of sp³-hybridized carbons (Fsp3) is 0.0189. The summed E-state index contributed by atoms with van der Waals surface area (Å²) < 4.78 is 19.1. The predicted molar refractivity (Wildman–Crippen MR) is 250 cm³/mol. The minimum absolute atomic E-state index is 0.313. The van der Waals surface area contributed by atoms with Crippen LogP contribution in [-0.4, -0.2) is 19.9 Å². The molecular weight excluding hydrogens is 769 g/mol. The summed E-state index contributed by atoms with van der Waals surface area (Å²) in [6.07, 6.45) is 9.20. The van der Waals surface area contributed by atoms with Crippen LogP contribution in [0.25, 0.3) is 83.0 Å². The average Bonchev–Trinajstić information content (AvgIpc) is 3.97. The molecule has 62 heavy (non-hydrogen) atoms. The fourth-order valence-electron chi connectivity index (χ4n) is 8.55. The van der Waals surface area contributed by atoms with E-state index in [1.165, 1.54) is 0 Å². The minimum atomic E-state index is 0.313. The molecule has 0 aliphatic carbocycles. The van der Waals surface area contributed by atoms with Crippen molar-refractivity contribution in [2.75, 3.05) is 9.80 Å². The second kappa shape index (κ2) is 14.0. The standard InChI is InChI=1S/C53H34N6O3/c1-3-4-15-41-32(2)60-46-28-39(22-24-43(41)46)58(37-20-18-33-11-5-7-13-35(33)26-37)48-30-54-50-51-53(62-52(50)56-48)57-49(31-55-51)59(38-21-19-34-12-6-8-14-36(34)27-38)40-23-25-44-42-16-9-10-17-45(42)61-47(44)29-40/h3-31H,1H2,2H3/b15-4-. The van der Waals surface area contributed by atoms with E-state index in [1.807, 2.05) is 73.7 Å². The van der Waals surface area contributed by atoms with Crippen molar-refractivity contribution < 1.29 is 13.3 Å². The average molecular weight is 803 g/mol. The normalized spacial score (nSPS) is 12.0. The summed E-state index contributed by atoms with van der Waals surface area (Å²) >= 11 is 0. The highest BCUT2D eigenvalue weighted by Gasteiger charge is 2.23. The number of benzene rings is 7. The zero-order valence-electron chi connectivity index (χ0n) is 33.4. The Bertz CT molecular complexity index is 3780. The first-order valence-electron chi connectivity index (χ1n) is 20.3. The van der Waals surface area contributed by atoms with Crippen LogP contribution in [0.5, 0.6) is 0 Å². The first-order chi connectivity index (χ1) is 30.6. The third kappa shape index (κ3) is 5.78. The maximum Gasteiger partial charge on any atom is 0.251 e. The fourth-order valence-corrected chi connectivity index (χ4v) is 8.55. The minimum Gasteiger partial charge on any atom is -0.461 e. The van der Waals surface area contributed by atoms with E-state index in [0.717, 1.165) is 88.5 Å². The van der Waals surface area contributed by atoms with E-state index in [2.05, 4.69) is 107 Å². The van der Waals surface area contributed by atoms with Crippen molar-refractivity contribution >= 4 is 117 Å². The van der Waals surface area contributed by atoms with Crippen LogP contribution in [0, 0.1) is 6.92 Å². The molecule has 12 rings (SSSR count). The third-order valence-corrected chi connectivity index (χ3v) is 11.5. The highest BCUT2D eigenvalue weighted by atomic mass is 16.4. The molecule has 0 fully saturated rings. The number of rotatable bonds is 8. The Morgan fingerprint density at radius 3 is 1.60 bits per heavy atom. The van der Waals surface area contributed by atoms with Gasteiger partial charge in [-0.05, 0) is 83.1 Å². The zero-order valence-corrected chi connectivity index (χ0v) is 33.4. The van der Waals surface area contributed by atoms with Gasteiger partial charge in [-0.2, -0.15) is 9.97 Å². The number of allylic oxidation sites excluding steroid dienone is 2. The Hall–Kier alpha value is -8.56. The van der Waals surface area contributed by atoms with Gasteiger partial charge in [-0.1, -0.05) is 104 Å². The van der Waals surface area contributed by atoms with E-state index < -0.39 is 0 Å². The molecule has 0 spiro atoms. The van der Waals surface area contributed by atoms with E-state index in [0.29, 0.717) is 34.1 Å². The number of furan rings is 3. The summed E-state index contributed by atoms with van der Waals surface area (Å²) in [7, 11) is 0. The number of anilines is 6. The Labute approximate surface area is 354 Å². The monoisotopic (exact) mass is 802 g/mol. The van der Waals surface area contributed by atoms with Gasteiger partial charge >= 0.3 is 0 Å². The van der Waals surface area contributed by atoms with Gasteiger partial charge in [0.25, 0.3) is 11.4 Å². The van der Waals surface area contributed by atoms with Crippen LogP contribution < -0.4 is 9.80 Å². The van der Waals surface area contributed by atoms with Crippen molar-refractivity contribution in [2.24, 2.45) is 0 Å². The molecule has 5 aromatic heterocycles. The maximum atomic E-state index is 6.50. The molecular formula is C53H34N6O3. The Morgan fingerprint density at radius 2 is 0.984 bits per heavy atom. The van der Waals surface area contributed by atoms with E-state index in [9.17, 15) is 0 Å². The van der Waals surface area contributed by atoms with Crippen molar-refractivity contribution in [1.82, 2.24) is 19.9 Å².